The average Bonchev–Trinajstić information content (AvgIpc) is 2.65. The molecule has 1 rings (SSSR count). The molecule has 0 spiro atoms. The summed E-state index contributed by atoms with van der Waals surface area (Å²) < 4.78 is 0. The van der Waals surface area contributed by atoms with Crippen molar-refractivity contribution in [1.82, 2.24) is 0 Å². The highest BCUT2D eigenvalue weighted by Crippen LogP contribution is 2.29. The summed E-state index contributed by atoms with van der Waals surface area (Å²) in [6.07, 6.45) is 2.34. The molecule has 0 aromatic heterocycles. The Kier molecular flexibility index (Phi) is 18.0. The Morgan fingerprint density at radius 3 is 1.00 bits per heavy atom. The zero-order valence-electron chi connectivity index (χ0n) is 17.9. The minimum absolute atomic E-state index is 0.404. The molecule has 1 aliphatic carbocycles. The number of hydrogen-bond acceptors (Lipinski definition) is 4. The third kappa shape index (κ3) is 12.3. The van der Waals surface area contributed by atoms with Crippen LogP contribution < -0.4 is 20.0 Å². The van der Waals surface area contributed by atoms with Gasteiger partial charge < -0.3 is 29.6 Å². The van der Waals surface area contributed by atoms with Crippen LogP contribution in [0.25, 0.3) is 0 Å². The molecule has 0 aliphatic heterocycles. The number of quaternary nitrogens is 2. The first-order chi connectivity index (χ1) is 12.3. The van der Waals surface area contributed by atoms with Crippen molar-refractivity contribution in [3.05, 3.63) is 0 Å². The molecule has 0 aromatic rings. The van der Waals surface area contributed by atoms with Crippen LogP contribution in [0.2, 0.25) is 0 Å². The smallest absolute Gasteiger partial charge is 0.0742 e. The lowest BCUT2D eigenvalue weighted by Crippen LogP contribution is -3.11. The van der Waals surface area contributed by atoms with Gasteiger partial charge in [0.2, 0.25) is 0 Å². The Hall–Kier alpha value is -1.14. The predicted molar refractivity (Wildman–Crippen MR) is 101 cm³/mol. The van der Waals surface area contributed by atoms with E-state index in [4.69, 9.17) is 0 Å². The van der Waals surface area contributed by atoms with Crippen LogP contribution in [0.15, 0.2) is 0 Å². The predicted octanol–water partition coefficient (Wildman–Crippen LogP) is -1.85. The van der Waals surface area contributed by atoms with Gasteiger partial charge in [-0.2, -0.15) is 0 Å². The molecular weight excluding hydrogens is 332 g/mol. The molecule has 26 heavy (non-hydrogen) atoms. The third-order valence-corrected chi connectivity index (χ3v) is 5.37. The quantitative estimate of drug-likeness (QED) is 0.522. The van der Waals surface area contributed by atoms with Crippen LogP contribution in [0.5, 0.6) is 0 Å². The number of aliphatic carboxylic acids is 2. The molecule has 1 fully saturated rings. The van der Waals surface area contributed by atoms with E-state index in [0.717, 1.165) is 12.8 Å². The summed E-state index contributed by atoms with van der Waals surface area (Å²) in [6.45, 7) is 21.0. The molecule has 2 unspecified atom stereocenters. The van der Waals surface area contributed by atoms with Crippen molar-refractivity contribution >= 4 is 11.9 Å². The molecule has 0 radical (unpaired) electrons. The zero-order chi connectivity index (χ0) is 20.5. The van der Waals surface area contributed by atoms with Crippen LogP contribution in [0.4, 0.5) is 0 Å². The Labute approximate surface area is 160 Å². The van der Waals surface area contributed by atoms with Gasteiger partial charge in [0, 0.05) is 23.8 Å². The topological polar surface area (TPSA) is 89.1 Å². The molecule has 1 saturated carbocycles. The van der Waals surface area contributed by atoms with Gasteiger partial charge >= 0.3 is 0 Å². The fraction of sp³-hybridized carbons (Fsp3) is 0.900. The van der Waals surface area contributed by atoms with E-state index in [9.17, 15) is 19.8 Å². The Morgan fingerprint density at radius 2 is 0.885 bits per heavy atom. The number of carbonyl (C=O) groups excluding carboxylic acids is 2. The van der Waals surface area contributed by atoms with Crippen LogP contribution in [0.1, 0.15) is 67.2 Å². The van der Waals surface area contributed by atoms with Crippen LogP contribution in [0.3, 0.4) is 0 Å². The Balaban J connectivity index is 0. The molecule has 6 nitrogen and oxygen atoms in total. The Morgan fingerprint density at radius 1 is 0.654 bits per heavy atom. The van der Waals surface area contributed by atoms with Crippen molar-refractivity contribution in [1.29, 1.82) is 0 Å². The number of carbonyl (C=O) groups is 2. The van der Waals surface area contributed by atoms with Crippen LogP contribution in [0, 0.1) is 11.8 Å². The second-order valence-electron chi connectivity index (χ2n) is 6.76. The summed E-state index contributed by atoms with van der Waals surface area (Å²) in [4.78, 5) is 24.3. The SMILES string of the molecule is CC[NH+](CC)CC.CC[NH+](CC)CC.O=C([O-])C1CCCCC1C(=O)[O-]. The van der Waals surface area contributed by atoms with Gasteiger partial charge in [-0.25, -0.2) is 0 Å². The van der Waals surface area contributed by atoms with Gasteiger partial charge in [0.25, 0.3) is 0 Å². The maximum Gasteiger partial charge on any atom is 0.0742 e. The molecule has 0 heterocycles. The monoisotopic (exact) mass is 374 g/mol. The number of rotatable bonds is 8. The molecule has 156 valence electrons. The first kappa shape index (κ1) is 27.1. The van der Waals surface area contributed by atoms with E-state index in [-0.39, 0.29) is 0 Å². The minimum Gasteiger partial charge on any atom is -0.550 e. The van der Waals surface area contributed by atoms with E-state index >= 15 is 0 Å². The van der Waals surface area contributed by atoms with Crippen molar-refractivity contribution < 1.29 is 29.6 Å². The van der Waals surface area contributed by atoms with E-state index in [1.807, 2.05) is 0 Å². The molecule has 0 amide bonds. The van der Waals surface area contributed by atoms with Gasteiger partial charge in [-0.3, -0.25) is 0 Å². The van der Waals surface area contributed by atoms with Gasteiger partial charge in [-0.15, -0.1) is 0 Å². The van der Waals surface area contributed by atoms with Crippen molar-refractivity contribution in [2.45, 2.75) is 67.2 Å². The second kappa shape index (κ2) is 17.3. The zero-order valence-corrected chi connectivity index (χ0v) is 17.9. The highest BCUT2D eigenvalue weighted by Gasteiger charge is 2.26. The molecule has 0 saturated heterocycles. The second-order valence-corrected chi connectivity index (χ2v) is 6.76. The van der Waals surface area contributed by atoms with Crippen molar-refractivity contribution in [2.75, 3.05) is 39.3 Å². The van der Waals surface area contributed by atoms with Crippen LogP contribution in [-0.2, 0) is 9.59 Å². The minimum atomic E-state index is -1.26. The molecular formula is C20H42N2O4. The molecule has 2 N–H and O–H groups in total. The molecule has 2 atom stereocenters. The van der Waals surface area contributed by atoms with E-state index < -0.39 is 23.8 Å². The lowest BCUT2D eigenvalue weighted by atomic mass is 9.79. The molecule has 0 aromatic carbocycles. The van der Waals surface area contributed by atoms with E-state index in [1.54, 1.807) is 9.80 Å². The number of carboxylic acid groups (broad SMARTS) is 2. The van der Waals surface area contributed by atoms with Gasteiger partial charge in [-0.05, 0) is 54.4 Å². The summed E-state index contributed by atoms with van der Waals surface area (Å²) >= 11 is 0. The average molecular weight is 375 g/mol. The number of hydrogen-bond donors (Lipinski definition) is 2. The lowest BCUT2D eigenvalue weighted by Gasteiger charge is -2.32. The van der Waals surface area contributed by atoms with Crippen LogP contribution in [-0.4, -0.2) is 51.2 Å². The summed E-state index contributed by atoms with van der Waals surface area (Å²) in [5.74, 6) is -4.21. The maximum atomic E-state index is 10.5. The van der Waals surface area contributed by atoms with Gasteiger partial charge in [-0.1, -0.05) is 12.8 Å². The van der Waals surface area contributed by atoms with Gasteiger partial charge in [0.1, 0.15) is 0 Å². The van der Waals surface area contributed by atoms with Crippen molar-refractivity contribution in [3.8, 4) is 0 Å². The highest BCUT2D eigenvalue weighted by molar-refractivity contribution is 5.77. The highest BCUT2D eigenvalue weighted by atomic mass is 16.4. The van der Waals surface area contributed by atoms with Crippen LogP contribution >= 0.6 is 0 Å². The first-order valence-corrected chi connectivity index (χ1v) is 10.4. The largest absolute Gasteiger partial charge is 0.550 e. The Bertz CT molecular complexity index is 311. The lowest BCUT2D eigenvalue weighted by molar-refractivity contribution is -0.894. The summed E-state index contributed by atoms with van der Waals surface area (Å²) in [7, 11) is 0. The molecule has 0 bridgehead atoms. The van der Waals surface area contributed by atoms with Gasteiger partial charge in [0.05, 0.1) is 39.3 Å². The van der Waals surface area contributed by atoms with E-state index in [2.05, 4.69) is 41.5 Å². The third-order valence-electron chi connectivity index (χ3n) is 5.37. The fourth-order valence-corrected chi connectivity index (χ4v) is 3.20. The van der Waals surface area contributed by atoms with Crippen molar-refractivity contribution in [3.63, 3.8) is 0 Å². The van der Waals surface area contributed by atoms with Gasteiger partial charge in [0.15, 0.2) is 0 Å². The van der Waals surface area contributed by atoms with E-state index in [1.165, 1.54) is 39.3 Å². The van der Waals surface area contributed by atoms with Crippen molar-refractivity contribution in [2.24, 2.45) is 11.8 Å². The summed E-state index contributed by atoms with van der Waals surface area (Å²) in [6, 6.07) is 0. The normalized spacial score (nSPS) is 19.2. The molecule has 1 aliphatic rings. The number of nitrogens with one attached hydrogen (secondary N) is 2. The summed E-state index contributed by atoms with van der Waals surface area (Å²) in [5.41, 5.74) is 0. The van der Waals surface area contributed by atoms with E-state index in [0.29, 0.717) is 12.8 Å². The first-order valence-electron chi connectivity index (χ1n) is 10.4. The standard InChI is InChI=1S/C8H12O4.2C6H15N/c9-7(10)5-3-1-2-4-6(5)8(11)12;2*1-4-7(5-2)6-3/h5-6H,1-4H2,(H,9,10)(H,11,12);2*4-6H2,1-3H3. The number of carboxylic acids is 2. The fourth-order valence-electron chi connectivity index (χ4n) is 3.20. The molecule has 6 heteroatoms. The maximum absolute atomic E-state index is 10.5. The summed E-state index contributed by atoms with van der Waals surface area (Å²) in [5, 5.41) is 20.9.